The maximum atomic E-state index is 12.3. The first-order valence-electron chi connectivity index (χ1n) is 3.39. The molecule has 1 rings (SSSR count). The first-order valence-corrected chi connectivity index (χ1v) is 3.39. The Morgan fingerprint density at radius 1 is 1.62 bits per heavy atom. The number of nitrogens with zero attached hydrogens (tertiary/aromatic N) is 3. The summed E-state index contributed by atoms with van der Waals surface area (Å²) in [7, 11) is 0. The molecule has 0 bridgehead atoms. The molecular weight excluding hydrogens is 177 g/mol. The van der Waals surface area contributed by atoms with Gasteiger partial charge in [-0.05, 0) is 6.92 Å². The first-order chi connectivity index (χ1) is 6.09. The van der Waals surface area contributed by atoms with E-state index in [1.54, 1.807) is 0 Å². The van der Waals surface area contributed by atoms with Gasteiger partial charge in [-0.2, -0.15) is 0 Å². The second-order valence-electron chi connectivity index (χ2n) is 2.32. The first kappa shape index (κ1) is 9.24. The van der Waals surface area contributed by atoms with Gasteiger partial charge in [0.15, 0.2) is 11.6 Å². The molecule has 5 nitrogen and oxygen atoms in total. The largest absolute Gasteiger partial charge is 0.259 e. The van der Waals surface area contributed by atoms with Crippen molar-refractivity contribution in [3.05, 3.63) is 40.3 Å². The highest BCUT2D eigenvalue weighted by Gasteiger charge is 2.03. The van der Waals surface area contributed by atoms with Crippen LogP contribution in [0.5, 0.6) is 0 Å². The molecule has 0 aliphatic heterocycles. The van der Waals surface area contributed by atoms with Crippen molar-refractivity contribution in [1.82, 2.24) is 9.97 Å². The van der Waals surface area contributed by atoms with Crippen molar-refractivity contribution in [3.63, 3.8) is 0 Å². The van der Waals surface area contributed by atoms with E-state index in [0.717, 1.165) is 18.6 Å². The van der Waals surface area contributed by atoms with Gasteiger partial charge in [-0.25, -0.2) is 14.4 Å². The molecule has 0 radical (unpaired) electrons. The molecule has 0 saturated carbocycles. The molecule has 0 unspecified atom stereocenters. The number of hydrogen-bond donors (Lipinski definition) is 0. The minimum atomic E-state index is -0.609. The minimum Gasteiger partial charge on any atom is -0.259 e. The molecule has 1 heterocycles. The summed E-state index contributed by atoms with van der Waals surface area (Å²) in [5.74, 6) is -0.421. The van der Waals surface area contributed by atoms with E-state index in [2.05, 4.69) is 9.97 Å². The Balaban J connectivity index is 2.96. The third-order valence-corrected chi connectivity index (χ3v) is 1.27. The van der Waals surface area contributed by atoms with Crippen molar-refractivity contribution in [2.75, 3.05) is 0 Å². The summed E-state index contributed by atoms with van der Waals surface area (Å²) in [5, 5.41) is 10.0. The Bertz CT molecular complexity index is 347. The Labute approximate surface area is 73.1 Å². The van der Waals surface area contributed by atoms with Gasteiger partial charge >= 0.3 is 0 Å². The predicted octanol–water partition coefficient (Wildman–Crippen LogP) is 1.25. The summed E-state index contributed by atoms with van der Waals surface area (Å²) in [6.45, 7) is 1.48. The van der Waals surface area contributed by atoms with E-state index in [9.17, 15) is 14.5 Å². The molecule has 0 spiro atoms. The van der Waals surface area contributed by atoms with Gasteiger partial charge < -0.3 is 0 Å². The van der Waals surface area contributed by atoms with Gasteiger partial charge in [0.1, 0.15) is 0 Å². The van der Waals surface area contributed by atoms with E-state index in [-0.39, 0.29) is 11.4 Å². The van der Waals surface area contributed by atoms with Crippen LogP contribution in [-0.2, 0) is 0 Å². The number of nitro groups is 1. The normalized spacial score (nSPS) is 11.4. The standard InChI is InChI=1S/C7H6FN3O2/c1-5(4-11(12)13)7-9-2-6(8)3-10-7/h2-4H,1H3/b5-4+. The molecule has 0 aliphatic carbocycles. The average molecular weight is 183 g/mol. The second-order valence-corrected chi connectivity index (χ2v) is 2.32. The lowest BCUT2D eigenvalue weighted by Crippen LogP contribution is -1.94. The van der Waals surface area contributed by atoms with Crippen LogP contribution < -0.4 is 0 Å². The van der Waals surface area contributed by atoms with Crippen LogP contribution in [0.2, 0.25) is 0 Å². The fourth-order valence-corrected chi connectivity index (χ4v) is 0.732. The van der Waals surface area contributed by atoms with Gasteiger partial charge in [0.2, 0.25) is 6.20 Å². The molecule has 1 aromatic rings. The van der Waals surface area contributed by atoms with E-state index in [1.165, 1.54) is 6.92 Å². The molecule has 6 heteroatoms. The fraction of sp³-hybridized carbons (Fsp3) is 0.143. The monoisotopic (exact) mass is 183 g/mol. The molecule has 0 fully saturated rings. The zero-order valence-corrected chi connectivity index (χ0v) is 6.77. The predicted molar refractivity (Wildman–Crippen MR) is 42.6 cm³/mol. The van der Waals surface area contributed by atoms with Crippen LogP contribution in [0.4, 0.5) is 4.39 Å². The number of hydrogen-bond acceptors (Lipinski definition) is 4. The van der Waals surface area contributed by atoms with Crippen molar-refractivity contribution in [2.45, 2.75) is 6.92 Å². The lowest BCUT2D eigenvalue weighted by molar-refractivity contribution is -0.401. The van der Waals surface area contributed by atoms with Crippen LogP contribution in [0.15, 0.2) is 18.6 Å². The average Bonchev–Trinajstić information content (AvgIpc) is 2.04. The van der Waals surface area contributed by atoms with Crippen LogP contribution in [0.25, 0.3) is 5.57 Å². The molecule has 0 N–H and O–H groups in total. The van der Waals surface area contributed by atoms with E-state index >= 15 is 0 Å². The van der Waals surface area contributed by atoms with E-state index < -0.39 is 10.7 Å². The van der Waals surface area contributed by atoms with Crippen LogP contribution in [0.3, 0.4) is 0 Å². The molecule has 0 atom stereocenters. The fourth-order valence-electron chi connectivity index (χ4n) is 0.732. The zero-order chi connectivity index (χ0) is 9.84. The third kappa shape index (κ3) is 2.58. The summed E-state index contributed by atoms with van der Waals surface area (Å²) in [5.41, 5.74) is 0.282. The van der Waals surface area contributed by atoms with Crippen molar-refractivity contribution in [1.29, 1.82) is 0 Å². The highest BCUT2D eigenvalue weighted by Crippen LogP contribution is 2.06. The SMILES string of the molecule is C/C(=C\[N+](=O)[O-])c1ncc(F)cn1. The van der Waals surface area contributed by atoms with Crippen LogP contribution >= 0.6 is 0 Å². The third-order valence-electron chi connectivity index (χ3n) is 1.27. The van der Waals surface area contributed by atoms with E-state index in [4.69, 9.17) is 0 Å². The summed E-state index contributed by atoms with van der Waals surface area (Å²) in [6.07, 6.45) is 2.69. The van der Waals surface area contributed by atoms with E-state index in [1.807, 2.05) is 0 Å². The number of halogens is 1. The quantitative estimate of drug-likeness (QED) is 0.511. The van der Waals surface area contributed by atoms with Crippen molar-refractivity contribution in [2.24, 2.45) is 0 Å². The maximum absolute atomic E-state index is 12.3. The van der Waals surface area contributed by atoms with Crippen LogP contribution in [0.1, 0.15) is 12.7 Å². The molecule has 0 saturated heterocycles. The Hall–Kier alpha value is -1.85. The highest BCUT2D eigenvalue weighted by molar-refractivity contribution is 5.55. The number of rotatable bonds is 2. The van der Waals surface area contributed by atoms with Gasteiger partial charge in [0.25, 0.3) is 0 Å². The summed E-state index contributed by atoms with van der Waals surface area (Å²) in [4.78, 5) is 16.6. The molecule has 68 valence electrons. The molecule has 0 amide bonds. The Morgan fingerprint density at radius 3 is 2.62 bits per heavy atom. The van der Waals surface area contributed by atoms with Gasteiger partial charge in [-0.3, -0.25) is 10.1 Å². The van der Waals surface area contributed by atoms with Crippen LogP contribution in [-0.4, -0.2) is 14.9 Å². The van der Waals surface area contributed by atoms with Crippen LogP contribution in [0, 0.1) is 15.9 Å². The zero-order valence-electron chi connectivity index (χ0n) is 6.77. The van der Waals surface area contributed by atoms with Crippen molar-refractivity contribution >= 4 is 5.57 Å². The lowest BCUT2D eigenvalue weighted by Gasteiger charge is -1.94. The van der Waals surface area contributed by atoms with Crippen molar-refractivity contribution < 1.29 is 9.31 Å². The van der Waals surface area contributed by atoms with E-state index in [0.29, 0.717) is 0 Å². The van der Waals surface area contributed by atoms with Gasteiger partial charge in [0.05, 0.1) is 22.9 Å². The van der Waals surface area contributed by atoms with Gasteiger partial charge in [-0.15, -0.1) is 0 Å². The number of allylic oxidation sites excluding steroid dienone is 1. The Morgan fingerprint density at radius 2 is 2.15 bits per heavy atom. The summed E-state index contributed by atoms with van der Waals surface area (Å²) < 4.78 is 12.3. The molecular formula is C7H6FN3O2. The van der Waals surface area contributed by atoms with Gasteiger partial charge in [-0.1, -0.05) is 0 Å². The van der Waals surface area contributed by atoms with Gasteiger partial charge in [0, 0.05) is 0 Å². The summed E-state index contributed by atoms with van der Waals surface area (Å²) in [6, 6.07) is 0. The second kappa shape index (κ2) is 3.70. The molecule has 0 aromatic carbocycles. The molecule has 13 heavy (non-hydrogen) atoms. The Kier molecular flexibility index (Phi) is 2.63. The topological polar surface area (TPSA) is 68.9 Å². The lowest BCUT2D eigenvalue weighted by atomic mass is 10.3. The molecule has 1 aromatic heterocycles. The minimum absolute atomic E-state index is 0.151. The smallest absolute Gasteiger partial charge is 0.241 e. The summed E-state index contributed by atoms with van der Waals surface area (Å²) >= 11 is 0. The van der Waals surface area contributed by atoms with Crippen molar-refractivity contribution in [3.8, 4) is 0 Å². The molecule has 0 aliphatic rings. The maximum Gasteiger partial charge on any atom is 0.241 e. The highest BCUT2D eigenvalue weighted by atomic mass is 19.1. The number of aromatic nitrogens is 2.